The second kappa shape index (κ2) is 9.01. The monoisotopic (exact) mass is 415 g/mol. The molecule has 4 nitrogen and oxygen atoms in total. The number of quaternary nitrogens is 1. The first-order valence-corrected chi connectivity index (χ1v) is 8.55. The van der Waals surface area contributed by atoms with Gasteiger partial charge in [0.25, 0.3) is 5.91 Å². The van der Waals surface area contributed by atoms with E-state index in [0.717, 1.165) is 15.1 Å². The Morgan fingerprint density at radius 2 is 2.00 bits per heavy atom. The van der Waals surface area contributed by atoms with Gasteiger partial charge in [-0.3, -0.25) is 4.79 Å². The van der Waals surface area contributed by atoms with E-state index in [1.165, 1.54) is 18.2 Å². The van der Waals surface area contributed by atoms with Gasteiger partial charge in [-0.2, -0.15) is 0 Å². The van der Waals surface area contributed by atoms with E-state index in [1.807, 2.05) is 31.3 Å². The number of rotatable bonds is 7. The minimum absolute atomic E-state index is 0.0893. The van der Waals surface area contributed by atoms with E-state index in [4.69, 9.17) is 16.3 Å². The number of likely N-dealkylation sites (N-methyl/N-ethyl adjacent to an activating group) is 1. The van der Waals surface area contributed by atoms with Crippen molar-refractivity contribution in [3.05, 3.63) is 57.8 Å². The molecule has 24 heavy (non-hydrogen) atoms. The van der Waals surface area contributed by atoms with Gasteiger partial charge in [0, 0.05) is 9.50 Å². The average molecular weight is 417 g/mol. The number of hydrogen-bond acceptors (Lipinski definition) is 2. The third-order valence-corrected chi connectivity index (χ3v) is 4.04. The van der Waals surface area contributed by atoms with E-state index in [1.54, 1.807) is 0 Å². The van der Waals surface area contributed by atoms with Crippen LogP contribution >= 0.6 is 27.5 Å². The molecule has 0 aromatic heterocycles. The van der Waals surface area contributed by atoms with Crippen molar-refractivity contribution in [3.8, 4) is 5.75 Å². The molecule has 0 fully saturated rings. The highest BCUT2D eigenvalue weighted by Gasteiger charge is 2.12. The molecule has 128 valence electrons. The molecule has 2 N–H and O–H groups in total. The summed E-state index contributed by atoms with van der Waals surface area (Å²) in [5.74, 6) is -0.0160. The molecular weight excluding hydrogens is 399 g/mol. The Morgan fingerprint density at radius 1 is 1.29 bits per heavy atom. The van der Waals surface area contributed by atoms with Gasteiger partial charge in [0.15, 0.2) is 6.54 Å². The molecule has 0 radical (unpaired) electrons. The SMILES string of the molecule is C[NH+](CCOc1ccc(Br)cc1)CC(=O)Nc1cc(Cl)ccc1F. The van der Waals surface area contributed by atoms with Gasteiger partial charge in [0.2, 0.25) is 0 Å². The Hall–Kier alpha value is -1.63. The van der Waals surface area contributed by atoms with Crippen molar-refractivity contribution in [2.45, 2.75) is 0 Å². The quantitative estimate of drug-likeness (QED) is 0.729. The van der Waals surface area contributed by atoms with Gasteiger partial charge in [-0.25, -0.2) is 4.39 Å². The lowest BCUT2D eigenvalue weighted by atomic mass is 10.3. The lowest BCUT2D eigenvalue weighted by molar-refractivity contribution is -0.871. The summed E-state index contributed by atoms with van der Waals surface area (Å²) < 4.78 is 20.2. The number of halogens is 3. The van der Waals surface area contributed by atoms with Crippen molar-refractivity contribution in [1.29, 1.82) is 0 Å². The highest BCUT2D eigenvalue weighted by molar-refractivity contribution is 9.10. The second-order valence-electron chi connectivity index (χ2n) is 5.36. The molecular formula is C17H18BrClFN2O2+. The van der Waals surface area contributed by atoms with Gasteiger partial charge in [0.05, 0.1) is 12.7 Å². The minimum Gasteiger partial charge on any atom is -0.488 e. The number of anilines is 1. The molecule has 0 heterocycles. The summed E-state index contributed by atoms with van der Waals surface area (Å²) in [5, 5.41) is 2.90. The van der Waals surface area contributed by atoms with E-state index in [2.05, 4.69) is 21.2 Å². The largest absolute Gasteiger partial charge is 0.488 e. The van der Waals surface area contributed by atoms with E-state index in [-0.39, 0.29) is 18.1 Å². The maximum absolute atomic E-state index is 13.6. The van der Waals surface area contributed by atoms with E-state index in [9.17, 15) is 9.18 Å². The molecule has 0 aliphatic heterocycles. The first-order chi connectivity index (χ1) is 11.4. The van der Waals surface area contributed by atoms with Gasteiger partial charge < -0.3 is 15.0 Å². The molecule has 0 saturated heterocycles. The summed E-state index contributed by atoms with van der Waals surface area (Å²) in [4.78, 5) is 12.9. The van der Waals surface area contributed by atoms with Gasteiger partial charge in [-0.05, 0) is 42.5 Å². The molecule has 0 saturated carbocycles. The predicted octanol–water partition coefficient (Wildman–Crippen LogP) is 2.77. The fraction of sp³-hybridized carbons (Fsp3) is 0.235. The Balaban J connectivity index is 1.75. The average Bonchev–Trinajstić information content (AvgIpc) is 2.53. The van der Waals surface area contributed by atoms with Crippen molar-refractivity contribution < 1.29 is 18.8 Å². The Kier molecular flexibility index (Phi) is 7.02. The number of carbonyl (C=O) groups excluding carboxylic acids is 1. The zero-order valence-corrected chi connectivity index (χ0v) is 15.5. The molecule has 0 spiro atoms. The Labute approximate surface area is 153 Å². The molecule has 1 amide bonds. The standard InChI is InChI=1S/C17H17BrClFN2O2/c1-22(8-9-24-14-5-2-12(18)3-6-14)11-17(23)21-16-10-13(19)4-7-15(16)20/h2-7,10H,8-9,11H2,1H3,(H,21,23)/p+1. The zero-order valence-electron chi connectivity index (χ0n) is 13.1. The maximum Gasteiger partial charge on any atom is 0.279 e. The molecule has 2 rings (SSSR count). The lowest BCUT2D eigenvalue weighted by Crippen LogP contribution is -3.10. The summed E-state index contributed by atoms with van der Waals surface area (Å²) in [5.41, 5.74) is 0.0893. The molecule has 0 aliphatic carbocycles. The van der Waals surface area contributed by atoms with Crippen LogP contribution in [0.1, 0.15) is 0 Å². The van der Waals surface area contributed by atoms with Crippen LogP contribution < -0.4 is 15.0 Å². The van der Waals surface area contributed by atoms with E-state index < -0.39 is 5.82 Å². The fourth-order valence-corrected chi connectivity index (χ4v) is 2.46. The first-order valence-electron chi connectivity index (χ1n) is 7.38. The molecule has 1 atom stereocenters. The summed E-state index contributed by atoms with van der Waals surface area (Å²) in [6.07, 6.45) is 0. The molecule has 2 aromatic rings. The number of benzene rings is 2. The topological polar surface area (TPSA) is 42.8 Å². The van der Waals surface area contributed by atoms with Crippen molar-refractivity contribution in [2.75, 3.05) is 32.1 Å². The van der Waals surface area contributed by atoms with Crippen molar-refractivity contribution in [1.82, 2.24) is 0 Å². The lowest BCUT2D eigenvalue weighted by Gasteiger charge is -2.14. The molecule has 7 heteroatoms. The van der Waals surface area contributed by atoms with Crippen molar-refractivity contribution in [2.24, 2.45) is 0 Å². The predicted molar refractivity (Wildman–Crippen MR) is 96.3 cm³/mol. The van der Waals surface area contributed by atoms with E-state index >= 15 is 0 Å². The third-order valence-electron chi connectivity index (χ3n) is 3.28. The van der Waals surface area contributed by atoms with Gasteiger partial charge in [-0.1, -0.05) is 27.5 Å². The van der Waals surface area contributed by atoms with Gasteiger partial charge in [0.1, 0.15) is 24.7 Å². The number of carbonyl (C=O) groups is 1. The van der Waals surface area contributed by atoms with Crippen molar-refractivity contribution >= 4 is 39.1 Å². The number of nitrogens with one attached hydrogen (secondary N) is 2. The van der Waals surface area contributed by atoms with Crippen LogP contribution in [0, 0.1) is 5.82 Å². The van der Waals surface area contributed by atoms with Crippen LogP contribution in [-0.4, -0.2) is 32.7 Å². The fourth-order valence-electron chi connectivity index (χ4n) is 2.02. The molecule has 1 unspecified atom stereocenters. The zero-order chi connectivity index (χ0) is 17.5. The highest BCUT2D eigenvalue weighted by atomic mass is 79.9. The number of hydrogen-bond donors (Lipinski definition) is 2. The van der Waals surface area contributed by atoms with Crippen LogP contribution in [-0.2, 0) is 4.79 Å². The number of ether oxygens (including phenoxy) is 1. The van der Waals surface area contributed by atoms with Crippen LogP contribution in [0.3, 0.4) is 0 Å². The van der Waals surface area contributed by atoms with Gasteiger partial charge >= 0.3 is 0 Å². The molecule has 2 aromatic carbocycles. The van der Waals surface area contributed by atoms with Crippen LogP contribution in [0.4, 0.5) is 10.1 Å². The minimum atomic E-state index is -0.510. The number of amides is 1. The normalized spacial score (nSPS) is 11.8. The summed E-state index contributed by atoms with van der Waals surface area (Å²) in [6, 6.07) is 11.6. The molecule has 0 bridgehead atoms. The third kappa shape index (κ3) is 6.11. The van der Waals surface area contributed by atoms with Crippen LogP contribution in [0.15, 0.2) is 46.9 Å². The molecule has 0 aliphatic rings. The second-order valence-corrected chi connectivity index (χ2v) is 6.71. The van der Waals surface area contributed by atoms with Crippen LogP contribution in [0.5, 0.6) is 5.75 Å². The first kappa shape index (κ1) is 18.7. The smallest absolute Gasteiger partial charge is 0.279 e. The van der Waals surface area contributed by atoms with Crippen LogP contribution in [0.25, 0.3) is 0 Å². The maximum atomic E-state index is 13.6. The Morgan fingerprint density at radius 3 is 2.71 bits per heavy atom. The van der Waals surface area contributed by atoms with Gasteiger partial charge in [-0.15, -0.1) is 0 Å². The van der Waals surface area contributed by atoms with Crippen molar-refractivity contribution in [3.63, 3.8) is 0 Å². The summed E-state index contributed by atoms with van der Waals surface area (Å²) in [6.45, 7) is 1.32. The summed E-state index contributed by atoms with van der Waals surface area (Å²) in [7, 11) is 1.87. The Bertz CT molecular complexity index is 697. The van der Waals surface area contributed by atoms with Crippen LogP contribution in [0.2, 0.25) is 5.02 Å². The summed E-state index contributed by atoms with van der Waals surface area (Å²) >= 11 is 9.16. The van der Waals surface area contributed by atoms with E-state index in [0.29, 0.717) is 18.2 Å². The highest BCUT2D eigenvalue weighted by Crippen LogP contribution is 2.19.